The lowest BCUT2D eigenvalue weighted by Crippen LogP contribution is -2.54. The number of halogens is 1. The summed E-state index contributed by atoms with van der Waals surface area (Å²) in [6.45, 7) is 7.07. The normalized spacial score (nSPS) is 25.0. The first-order valence-electron chi connectivity index (χ1n) is 7.95. The molecular weight excluding hydrogens is 330 g/mol. The number of amides is 2. The summed E-state index contributed by atoms with van der Waals surface area (Å²) < 4.78 is 5.68. The van der Waals surface area contributed by atoms with Crippen LogP contribution >= 0.6 is 12.4 Å². The molecule has 24 heavy (non-hydrogen) atoms. The van der Waals surface area contributed by atoms with Gasteiger partial charge >= 0.3 is 0 Å². The van der Waals surface area contributed by atoms with E-state index >= 15 is 0 Å². The highest BCUT2D eigenvalue weighted by atomic mass is 35.5. The molecule has 6 nitrogen and oxygen atoms in total. The van der Waals surface area contributed by atoms with Crippen LogP contribution in [0.25, 0.3) is 0 Å². The van der Waals surface area contributed by atoms with E-state index in [0.29, 0.717) is 30.1 Å². The number of hydrogen-bond acceptors (Lipinski definition) is 4. The van der Waals surface area contributed by atoms with Crippen molar-refractivity contribution in [2.75, 3.05) is 18.4 Å². The van der Waals surface area contributed by atoms with Crippen molar-refractivity contribution in [2.45, 2.75) is 39.3 Å². The van der Waals surface area contributed by atoms with E-state index < -0.39 is 6.10 Å². The number of nitrogens with two attached hydrogens (primary N) is 1. The number of piperidine rings is 1. The number of carbonyl (C=O) groups excluding carboxylic acids is 2. The van der Waals surface area contributed by atoms with Crippen LogP contribution in [0.15, 0.2) is 18.2 Å². The number of rotatable bonds is 1. The number of fused-ring (bicyclic) bond motifs is 1. The van der Waals surface area contributed by atoms with Gasteiger partial charge in [0.1, 0.15) is 0 Å². The van der Waals surface area contributed by atoms with Crippen molar-refractivity contribution in [1.82, 2.24) is 4.90 Å². The Morgan fingerprint density at radius 2 is 2.12 bits per heavy atom. The van der Waals surface area contributed by atoms with Crippen molar-refractivity contribution in [1.29, 1.82) is 0 Å². The molecule has 1 aromatic rings. The summed E-state index contributed by atoms with van der Waals surface area (Å²) in [6, 6.07) is 5.33. The van der Waals surface area contributed by atoms with Gasteiger partial charge in [0.05, 0.1) is 11.3 Å². The van der Waals surface area contributed by atoms with E-state index in [-0.39, 0.29) is 35.7 Å². The van der Waals surface area contributed by atoms with E-state index in [1.54, 1.807) is 25.1 Å². The molecule has 132 valence electrons. The van der Waals surface area contributed by atoms with Gasteiger partial charge in [-0.3, -0.25) is 9.59 Å². The second-order valence-corrected chi connectivity index (χ2v) is 7.04. The third-order valence-corrected chi connectivity index (χ3v) is 4.77. The van der Waals surface area contributed by atoms with Crippen LogP contribution in [-0.2, 0) is 4.79 Å². The Balaban J connectivity index is 0.00000208. The smallest absolute Gasteiger partial charge is 0.265 e. The van der Waals surface area contributed by atoms with Crippen LogP contribution in [0, 0.1) is 5.41 Å². The average Bonchev–Trinajstić information content (AvgIpc) is 2.50. The molecule has 0 radical (unpaired) electrons. The number of hydrogen-bond donors (Lipinski definition) is 2. The van der Waals surface area contributed by atoms with Crippen molar-refractivity contribution in [3.8, 4) is 5.75 Å². The third-order valence-electron chi connectivity index (χ3n) is 4.77. The number of ether oxygens (including phenoxy) is 1. The first kappa shape index (κ1) is 18.5. The number of likely N-dealkylation sites (tertiary alicyclic amines) is 1. The monoisotopic (exact) mass is 353 g/mol. The highest BCUT2D eigenvalue weighted by Gasteiger charge is 2.37. The van der Waals surface area contributed by atoms with Crippen molar-refractivity contribution in [2.24, 2.45) is 11.1 Å². The van der Waals surface area contributed by atoms with Crippen molar-refractivity contribution < 1.29 is 14.3 Å². The minimum Gasteiger partial charge on any atom is -0.478 e. The summed E-state index contributed by atoms with van der Waals surface area (Å²) in [4.78, 5) is 26.5. The van der Waals surface area contributed by atoms with E-state index in [2.05, 4.69) is 19.2 Å². The van der Waals surface area contributed by atoms with E-state index in [1.165, 1.54) is 0 Å². The molecular formula is C17H24ClN3O3. The van der Waals surface area contributed by atoms with Gasteiger partial charge in [-0.25, -0.2) is 0 Å². The molecule has 2 amide bonds. The fraction of sp³-hybridized carbons (Fsp3) is 0.529. The summed E-state index contributed by atoms with van der Waals surface area (Å²) in [5, 5.41) is 2.78. The lowest BCUT2D eigenvalue weighted by molar-refractivity contribution is -0.122. The molecule has 1 fully saturated rings. The minimum absolute atomic E-state index is 0. The molecule has 0 saturated carbocycles. The second-order valence-electron chi connectivity index (χ2n) is 7.04. The number of carbonyl (C=O) groups is 2. The van der Waals surface area contributed by atoms with Gasteiger partial charge in [0.2, 0.25) is 0 Å². The Hall–Kier alpha value is -1.79. The number of benzene rings is 1. The Morgan fingerprint density at radius 3 is 2.79 bits per heavy atom. The van der Waals surface area contributed by atoms with Crippen molar-refractivity contribution in [3.05, 3.63) is 23.8 Å². The van der Waals surface area contributed by atoms with Crippen LogP contribution in [0.5, 0.6) is 5.75 Å². The summed E-state index contributed by atoms with van der Waals surface area (Å²) in [6.07, 6.45) is 0.171. The number of nitrogens with one attached hydrogen (secondary N) is 1. The van der Waals surface area contributed by atoms with Crippen LogP contribution in [0.4, 0.5) is 5.69 Å². The Labute approximate surface area is 148 Å². The molecule has 0 aromatic heterocycles. The zero-order valence-corrected chi connectivity index (χ0v) is 15.0. The summed E-state index contributed by atoms with van der Waals surface area (Å²) in [7, 11) is 0. The molecule has 1 saturated heterocycles. The van der Waals surface area contributed by atoms with Gasteiger partial charge < -0.3 is 20.7 Å². The molecule has 2 atom stereocenters. The van der Waals surface area contributed by atoms with Gasteiger partial charge in [0, 0.05) is 19.1 Å². The van der Waals surface area contributed by atoms with Crippen LogP contribution in [0.1, 0.15) is 37.6 Å². The maximum atomic E-state index is 12.9. The zero-order valence-electron chi connectivity index (χ0n) is 14.2. The molecule has 0 bridgehead atoms. The Bertz CT molecular complexity index is 662. The molecule has 2 aliphatic heterocycles. The second kappa shape index (κ2) is 6.61. The maximum Gasteiger partial charge on any atom is 0.265 e. The fourth-order valence-corrected chi connectivity index (χ4v) is 3.11. The van der Waals surface area contributed by atoms with E-state index in [9.17, 15) is 9.59 Å². The zero-order chi connectivity index (χ0) is 16.8. The molecule has 1 aromatic carbocycles. The van der Waals surface area contributed by atoms with E-state index in [1.807, 2.05) is 4.90 Å². The van der Waals surface area contributed by atoms with E-state index in [4.69, 9.17) is 10.5 Å². The van der Waals surface area contributed by atoms with Gasteiger partial charge in [-0.2, -0.15) is 0 Å². The topological polar surface area (TPSA) is 84.7 Å². The standard InChI is InChI=1S/C17H23N3O3.ClH/c1-10-15(21)19-12-6-4-5-11(14(12)23-10)16(22)20-8-7-13(18)17(2,3)9-20;/h4-6,10,13H,7-9,18H2,1-3H3,(H,19,21);1H. The molecule has 2 heterocycles. The van der Waals surface area contributed by atoms with E-state index in [0.717, 1.165) is 6.42 Å². The van der Waals surface area contributed by atoms with Crippen molar-refractivity contribution >= 4 is 29.9 Å². The number of para-hydroxylation sites is 1. The third kappa shape index (κ3) is 3.21. The average molecular weight is 354 g/mol. The van der Waals surface area contributed by atoms with Crippen LogP contribution in [0.2, 0.25) is 0 Å². The quantitative estimate of drug-likeness (QED) is 0.809. The fourth-order valence-electron chi connectivity index (χ4n) is 3.11. The molecule has 3 rings (SSSR count). The predicted molar refractivity (Wildman–Crippen MR) is 94.7 cm³/mol. The molecule has 0 aliphatic carbocycles. The molecule has 2 aliphatic rings. The lowest BCUT2D eigenvalue weighted by Gasteiger charge is -2.42. The largest absolute Gasteiger partial charge is 0.478 e. The number of nitrogens with zero attached hydrogens (tertiary/aromatic N) is 1. The highest BCUT2D eigenvalue weighted by Crippen LogP contribution is 2.35. The predicted octanol–water partition coefficient (Wildman–Crippen LogP) is 2.03. The summed E-state index contributed by atoms with van der Waals surface area (Å²) in [5.74, 6) is 0.176. The van der Waals surface area contributed by atoms with Gasteiger partial charge in [-0.05, 0) is 30.9 Å². The Kier molecular flexibility index (Phi) is 5.11. The molecule has 2 unspecified atom stereocenters. The first-order chi connectivity index (χ1) is 10.8. The maximum absolute atomic E-state index is 12.9. The SMILES string of the molecule is CC1Oc2c(cccc2C(=O)N2CCC(N)C(C)(C)C2)NC1=O.Cl. The van der Waals surface area contributed by atoms with Crippen molar-refractivity contribution in [3.63, 3.8) is 0 Å². The summed E-state index contributed by atoms with van der Waals surface area (Å²) >= 11 is 0. The lowest BCUT2D eigenvalue weighted by atomic mass is 9.79. The Morgan fingerprint density at radius 1 is 1.42 bits per heavy atom. The van der Waals surface area contributed by atoms with Crippen LogP contribution in [0.3, 0.4) is 0 Å². The molecule has 0 spiro atoms. The molecule has 3 N–H and O–H groups in total. The number of anilines is 1. The van der Waals surface area contributed by atoms with Gasteiger partial charge in [-0.15, -0.1) is 12.4 Å². The van der Waals surface area contributed by atoms with Crippen LogP contribution in [-0.4, -0.2) is 41.9 Å². The molecule has 7 heteroatoms. The van der Waals surface area contributed by atoms with Crippen LogP contribution < -0.4 is 15.8 Å². The van der Waals surface area contributed by atoms with Gasteiger partial charge in [-0.1, -0.05) is 19.9 Å². The highest BCUT2D eigenvalue weighted by molar-refractivity contribution is 6.04. The summed E-state index contributed by atoms with van der Waals surface area (Å²) in [5.41, 5.74) is 7.06. The van der Waals surface area contributed by atoms with Gasteiger partial charge in [0.15, 0.2) is 11.9 Å². The minimum atomic E-state index is -0.609. The first-order valence-corrected chi connectivity index (χ1v) is 7.95. The van der Waals surface area contributed by atoms with Gasteiger partial charge in [0.25, 0.3) is 11.8 Å².